The molecule has 0 aliphatic carbocycles. The number of carboxylic acids is 1. The van der Waals surface area contributed by atoms with Gasteiger partial charge in [0, 0.05) is 18.2 Å². The molecule has 0 spiro atoms. The monoisotopic (exact) mass is 289 g/mol. The van der Waals surface area contributed by atoms with Crippen molar-refractivity contribution in [3.63, 3.8) is 0 Å². The van der Waals surface area contributed by atoms with Crippen molar-refractivity contribution in [3.05, 3.63) is 53.0 Å². The summed E-state index contributed by atoms with van der Waals surface area (Å²) >= 11 is 0. The molecule has 0 radical (unpaired) electrons. The SMILES string of the molecule is O=C(O)c1occc1CNc1c(F)c(F)cc(F)c1F. The fourth-order valence-corrected chi connectivity index (χ4v) is 1.57. The lowest BCUT2D eigenvalue weighted by Gasteiger charge is -2.09. The van der Waals surface area contributed by atoms with Crippen molar-refractivity contribution in [2.75, 3.05) is 5.32 Å². The zero-order valence-electron chi connectivity index (χ0n) is 9.71. The molecule has 0 aliphatic heterocycles. The zero-order chi connectivity index (χ0) is 14.9. The highest BCUT2D eigenvalue weighted by molar-refractivity contribution is 5.86. The Morgan fingerprint density at radius 1 is 1.20 bits per heavy atom. The number of nitrogens with one attached hydrogen (secondary N) is 1. The quantitative estimate of drug-likeness (QED) is 0.670. The summed E-state index contributed by atoms with van der Waals surface area (Å²) in [6.45, 7) is -0.380. The van der Waals surface area contributed by atoms with E-state index in [0.29, 0.717) is 0 Å². The molecule has 0 atom stereocenters. The van der Waals surface area contributed by atoms with Crippen LogP contribution in [-0.4, -0.2) is 11.1 Å². The number of benzene rings is 1. The Labute approximate surface area is 109 Å². The molecule has 0 amide bonds. The van der Waals surface area contributed by atoms with E-state index >= 15 is 0 Å². The van der Waals surface area contributed by atoms with E-state index in [4.69, 9.17) is 5.11 Å². The average molecular weight is 289 g/mol. The van der Waals surface area contributed by atoms with Crippen molar-refractivity contribution in [1.82, 2.24) is 0 Å². The number of anilines is 1. The fraction of sp³-hybridized carbons (Fsp3) is 0.0833. The highest BCUT2D eigenvalue weighted by Crippen LogP contribution is 2.25. The van der Waals surface area contributed by atoms with Crippen LogP contribution in [0.15, 0.2) is 22.8 Å². The number of hydrogen-bond donors (Lipinski definition) is 2. The van der Waals surface area contributed by atoms with Crippen molar-refractivity contribution in [2.24, 2.45) is 0 Å². The Hall–Kier alpha value is -2.51. The molecule has 0 bridgehead atoms. The summed E-state index contributed by atoms with van der Waals surface area (Å²) in [6.07, 6.45) is 1.07. The minimum Gasteiger partial charge on any atom is -0.475 e. The van der Waals surface area contributed by atoms with Crippen molar-refractivity contribution in [2.45, 2.75) is 6.54 Å². The summed E-state index contributed by atoms with van der Waals surface area (Å²) in [5.41, 5.74) is -0.944. The number of halogens is 4. The van der Waals surface area contributed by atoms with E-state index in [1.807, 2.05) is 0 Å². The molecule has 0 fully saturated rings. The van der Waals surface area contributed by atoms with Crippen LogP contribution < -0.4 is 5.32 Å². The van der Waals surface area contributed by atoms with Gasteiger partial charge in [-0.2, -0.15) is 0 Å². The summed E-state index contributed by atoms with van der Waals surface area (Å²) in [7, 11) is 0. The lowest BCUT2D eigenvalue weighted by molar-refractivity contribution is 0.0661. The lowest BCUT2D eigenvalue weighted by Crippen LogP contribution is -2.09. The maximum Gasteiger partial charge on any atom is 0.372 e. The summed E-state index contributed by atoms with van der Waals surface area (Å²) in [5.74, 6) is -8.11. The highest BCUT2D eigenvalue weighted by atomic mass is 19.2. The number of rotatable bonds is 4. The van der Waals surface area contributed by atoms with Gasteiger partial charge in [-0.3, -0.25) is 0 Å². The van der Waals surface area contributed by atoms with Crippen LogP contribution in [0.4, 0.5) is 23.2 Å². The number of aromatic carboxylic acids is 1. The van der Waals surface area contributed by atoms with Gasteiger partial charge in [0.05, 0.1) is 6.26 Å². The van der Waals surface area contributed by atoms with Crippen LogP contribution in [0.5, 0.6) is 0 Å². The first-order chi connectivity index (χ1) is 9.41. The summed E-state index contributed by atoms with van der Waals surface area (Å²) < 4.78 is 57.3. The third-order valence-corrected chi connectivity index (χ3v) is 2.51. The van der Waals surface area contributed by atoms with Crippen LogP contribution in [-0.2, 0) is 6.54 Å². The lowest BCUT2D eigenvalue weighted by atomic mass is 10.2. The van der Waals surface area contributed by atoms with Crippen LogP contribution in [0.3, 0.4) is 0 Å². The second kappa shape index (κ2) is 5.24. The number of hydrogen-bond acceptors (Lipinski definition) is 3. The molecule has 1 aromatic carbocycles. The topological polar surface area (TPSA) is 62.5 Å². The Kier molecular flexibility index (Phi) is 3.64. The minimum absolute atomic E-state index is 0.0703. The standard InChI is InChI=1S/C12H7F4NO3/c13-6-3-7(14)9(16)10(8(6)15)17-4-5-1-2-20-11(5)12(18)19/h1-3,17H,4H2,(H,18,19). The zero-order valence-corrected chi connectivity index (χ0v) is 9.71. The molecule has 2 rings (SSSR count). The molecular weight excluding hydrogens is 282 g/mol. The van der Waals surface area contributed by atoms with Gasteiger partial charge in [0.25, 0.3) is 0 Å². The molecule has 8 heteroatoms. The van der Waals surface area contributed by atoms with Crippen molar-refractivity contribution >= 4 is 11.7 Å². The molecule has 2 aromatic rings. The van der Waals surface area contributed by atoms with Crippen LogP contribution in [0.2, 0.25) is 0 Å². The molecule has 1 aromatic heterocycles. The normalized spacial score (nSPS) is 10.6. The van der Waals surface area contributed by atoms with Crippen molar-refractivity contribution < 1.29 is 31.9 Å². The van der Waals surface area contributed by atoms with Crippen LogP contribution in [0.25, 0.3) is 0 Å². The number of furan rings is 1. The van der Waals surface area contributed by atoms with Crippen molar-refractivity contribution in [3.8, 4) is 0 Å². The first-order valence-electron chi connectivity index (χ1n) is 5.28. The Bertz CT molecular complexity index is 643. The summed E-state index contributed by atoms with van der Waals surface area (Å²) in [5, 5.41) is 10.9. The van der Waals surface area contributed by atoms with Gasteiger partial charge in [0.2, 0.25) is 5.76 Å². The molecule has 2 N–H and O–H groups in total. The van der Waals surface area contributed by atoms with E-state index in [0.717, 1.165) is 6.26 Å². The molecule has 0 unspecified atom stereocenters. The van der Waals surface area contributed by atoms with Gasteiger partial charge in [-0.05, 0) is 6.07 Å². The average Bonchev–Trinajstić information content (AvgIpc) is 2.85. The highest BCUT2D eigenvalue weighted by Gasteiger charge is 2.20. The van der Waals surface area contributed by atoms with Gasteiger partial charge in [-0.15, -0.1) is 0 Å². The molecule has 0 saturated heterocycles. The fourth-order valence-electron chi connectivity index (χ4n) is 1.57. The first-order valence-corrected chi connectivity index (χ1v) is 5.28. The second-order valence-corrected chi connectivity index (χ2v) is 3.78. The number of carbonyl (C=O) groups is 1. The summed E-state index contributed by atoms with van der Waals surface area (Å²) in [4.78, 5) is 10.7. The van der Waals surface area contributed by atoms with Gasteiger partial charge in [-0.1, -0.05) is 0 Å². The molecule has 1 heterocycles. The van der Waals surface area contributed by atoms with Gasteiger partial charge in [0.15, 0.2) is 23.3 Å². The number of carboxylic acid groups (broad SMARTS) is 1. The predicted molar refractivity (Wildman–Crippen MR) is 59.3 cm³/mol. The smallest absolute Gasteiger partial charge is 0.372 e. The molecule has 0 aliphatic rings. The Morgan fingerprint density at radius 2 is 1.80 bits per heavy atom. The van der Waals surface area contributed by atoms with Crippen LogP contribution in [0, 0.1) is 23.3 Å². The Morgan fingerprint density at radius 3 is 2.35 bits per heavy atom. The molecule has 0 saturated carbocycles. The second-order valence-electron chi connectivity index (χ2n) is 3.78. The van der Waals surface area contributed by atoms with E-state index in [9.17, 15) is 22.4 Å². The van der Waals surface area contributed by atoms with E-state index in [-0.39, 0.29) is 18.2 Å². The van der Waals surface area contributed by atoms with Gasteiger partial charge < -0.3 is 14.8 Å². The van der Waals surface area contributed by atoms with E-state index in [1.165, 1.54) is 6.07 Å². The first kappa shape index (κ1) is 13.9. The Balaban J connectivity index is 2.28. The third kappa shape index (κ3) is 2.44. The van der Waals surface area contributed by atoms with Gasteiger partial charge in [0.1, 0.15) is 5.69 Å². The maximum absolute atomic E-state index is 13.3. The molecule has 20 heavy (non-hydrogen) atoms. The third-order valence-electron chi connectivity index (χ3n) is 2.51. The van der Waals surface area contributed by atoms with Gasteiger partial charge >= 0.3 is 5.97 Å². The van der Waals surface area contributed by atoms with Crippen LogP contribution >= 0.6 is 0 Å². The van der Waals surface area contributed by atoms with Crippen LogP contribution in [0.1, 0.15) is 16.1 Å². The maximum atomic E-state index is 13.3. The van der Waals surface area contributed by atoms with Crippen molar-refractivity contribution in [1.29, 1.82) is 0 Å². The molecule has 106 valence electrons. The largest absolute Gasteiger partial charge is 0.475 e. The van der Waals surface area contributed by atoms with Gasteiger partial charge in [-0.25, -0.2) is 22.4 Å². The minimum atomic E-state index is -1.59. The molecule has 4 nitrogen and oxygen atoms in total. The summed E-state index contributed by atoms with van der Waals surface area (Å²) in [6, 6.07) is 1.33. The van der Waals surface area contributed by atoms with E-state index in [2.05, 4.69) is 9.73 Å². The van der Waals surface area contributed by atoms with E-state index in [1.54, 1.807) is 0 Å². The predicted octanol–water partition coefficient (Wildman–Crippen LogP) is 3.15. The van der Waals surface area contributed by atoms with E-state index < -0.39 is 40.7 Å². The molecular formula is C12H7F4NO3.